The molecule has 29 heavy (non-hydrogen) atoms. The average Bonchev–Trinajstić information content (AvgIpc) is 3.32. The van der Waals surface area contributed by atoms with Crippen LogP contribution in [0.1, 0.15) is 65.7 Å². The number of methoxy groups -OCH3 is 1. The summed E-state index contributed by atoms with van der Waals surface area (Å²) in [5, 5.41) is 0. The molecular weight excluding hydrogens is 372 g/mol. The zero-order valence-corrected chi connectivity index (χ0v) is 17.9. The first-order chi connectivity index (χ1) is 13.7. The van der Waals surface area contributed by atoms with Gasteiger partial charge in [-0.3, -0.25) is 14.4 Å². The summed E-state index contributed by atoms with van der Waals surface area (Å²) in [6.07, 6.45) is 5.69. The van der Waals surface area contributed by atoms with E-state index in [1.165, 1.54) is 14.0 Å². The summed E-state index contributed by atoms with van der Waals surface area (Å²) in [7, 11) is 1.43. The van der Waals surface area contributed by atoms with Crippen molar-refractivity contribution in [2.45, 2.75) is 83.5 Å². The fourth-order valence-electron chi connectivity index (χ4n) is 8.30. The maximum Gasteiger partial charge on any atom is 0.309 e. The van der Waals surface area contributed by atoms with Gasteiger partial charge >= 0.3 is 11.9 Å². The lowest BCUT2D eigenvalue weighted by atomic mass is 9.44. The smallest absolute Gasteiger partial charge is 0.309 e. The minimum absolute atomic E-state index is 0.0194. The lowest BCUT2D eigenvalue weighted by Gasteiger charge is -2.59. The van der Waals surface area contributed by atoms with E-state index in [4.69, 9.17) is 14.2 Å². The predicted octanol–water partition coefficient (Wildman–Crippen LogP) is 3.06. The van der Waals surface area contributed by atoms with E-state index in [9.17, 15) is 14.4 Å². The molecule has 5 fully saturated rings. The highest BCUT2D eigenvalue weighted by Crippen LogP contribution is 2.75. The normalized spacial score (nSPS) is 52.5. The summed E-state index contributed by atoms with van der Waals surface area (Å²) in [6.45, 7) is 5.83. The number of fused-ring (bicyclic) bond motifs is 3. The molecule has 160 valence electrons. The Labute approximate surface area is 172 Å². The van der Waals surface area contributed by atoms with Crippen LogP contribution in [0.2, 0.25) is 0 Å². The molecule has 4 aliphatic carbocycles. The van der Waals surface area contributed by atoms with Crippen LogP contribution in [-0.2, 0) is 28.6 Å². The van der Waals surface area contributed by atoms with E-state index in [1.807, 2.05) is 0 Å². The van der Waals surface area contributed by atoms with E-state index < -0.39 is 5.41 Å². The van der Waals surface area contributed by atoms with Crippen LogP contribution < -0.4 is 0 Å². The largest absolute Gasteiger partial charge is 0.469 e. The number of hydrogen-bond acceptors (Lipinski definition) is 6. The molecule has 0 N–H and O–H groups in total. The van der Waals surface area contributed by atoms with Crippen molar-refractivity contribution in [3.8, 4) is 0 Å². The number of carbonyl (C=O) groups is 3. The summed E-state index contributed by atoms with van der Waals surface area (Å²) < 4.78 is 17.0. The summed E-state index contributed by atoms with van der Waals surface area (Å²) in [4.78, 5) is 37.5. The second kappa shape index (κ2) is 6.05. The molecule has 6 heteroatoms. The monoisotopic (exact) mass is 404 g/mol. The fourth-order valence-corrected chi connectivity index (χ4v) is 8.30. The number of rotatable bonds is 2. The highest BCUT2D eigenvalue weighted by atomic mass is 16.6. The van der Waals surface area contributed by atoms with Crippen molar-refractivity contribution in [2.24, 2.45) is 34.5 Å². The first-order valence-electron chi connectivity index (χ1n) is 11.1. The second-order valence-corrected chi connectivity index (χ2v) is 10.6. The minimum Gasteiger partial charge on any atom is -0.469 e. The zero-order valence-electron chi connectivity index (χ0n) is 17.9. The van der Waals surface area contributed by atoms with Crippen molar-refractivity contribution in [1.29, 1.82) is 0 Å². The van der Waals surface area contributed by atoms with Crippen molar-refractivity contribution in [3.05, 3.63) is 0 Å². The Morgan fingerprint density at radius 2 is 1.90 bits per heavy atom. The first-order valence-corrected chi connectivity index (χ1v) is 11.1. The molecule has 1 saturated heterocycles. The molecule has 5 rings (SSSR count). The minimum atomic E-state index is -0.457. The molecular formula is C23H32O6. The molecule has 0 radical (unpaired) electrons. The predicted molar refractivity (Wildman–Crippen MR) is 103 cm³/mol. The number of esters is 2. The maximum absolute atomic E-state index is 13.6. The topological polar surface area (TPSA) is 82.2 Å². The summed E-state index contributed by atoms with van der Waals surface area (Å²) in [5.74, 6) is 0.184. The van der Waals surface area contributed by atoms with E-state index in [0.29, 0.717) is 24.5 Å². The Morgan fingerprint density at radius 1 is 1.14 bits per heavy atom. The lowest BCUT2D eigenvalue weighted by molar-refractivity contribution is -0.179. The van der Waals surface area contributed by atoms with Gasteiger partial charge in [0.25, 0.3) is 0 Å². The van der Waals surface area contributed by atoms with Gasteiger partial charge in [-0.2, -0.15) is 0 Å². The third-order valence-electron chi connectivity index (χ3n) is 9.55. The number of carbonyl (C=O) groups excluding carboxylic acids is 3. The molecule has 0 unspecified atom stereocenters. The Balaban J connectivity index is 1.46. The van der Waals surface area contributed by atoms with Gasteiger partial charge in [-0.1, -0.05) is 13.8 Å². The van der Waals surface area contributed by atoms with Crippen LogP contribution >= 0.6 is 0 Å². The quantitative estimate of drug-likeness (QED) is 0.520. The summed E-state index contributed by atoms with van der Waals surface area (Å²) in [6, 6.07) is 0. The van der Waals surface area contributed by atoms with Gasteiger partial charge in [0.1, 0.15) is 17.5 Å². The zero-order chi connectivity index (χ0) is 20.8. The van der Waals surface area contributed by atoms with Crippen LogP contribution in [0, 0.1) is 34.5 Å². The molecule has 0 aromatic carbocycles. The molecule has 0 aromatic rings. The van der Waals surface area contributed by atoms with Crippen LogP contribution in [0.4, 0.5) is 0 Å². The molecule has 0 bridgehead atoms. The van der Waals surface area contributed by atoms with Crippen LogP contribution in [0.5, 0.6) is 0 Å². The molecule has 1 spiro atoms. The molecule has 1 heterocycles. The number of ketones is 1. The van der Waals surface area contributed by atoms with E-state index in [2.05, 4.69) is 13.8 Å². The van der Waals surface area contributed by atoms with Gasteiger partial charge in [0.05, 0.1) is 19.1 Å². The number of epoxide rings is 1. The molecule has 0 aromatic heterocycles. The number of ether oxygens (including phenoxy) is 3. The van der Waals surface area contributed by atoms with E-state index in [-0.39, 0.29) is 52.9 Å². The van der Waals surface area contributed by atoms with Crippen molar-refractivity contribution in [3.63, 3.8) is 0 Å². The lowest BCUT2D eigenvalue weighted by Crippen LogP contribution is -2.62. The highest BCUT2D eigenvalue weighted by Gasteiger charge is 2.83. The Kier molecular flexibility index (Phi) is 4.08. The van der Waals surface area contributed by atoms with Gasteiger partial charge in [0.2, 0.25) is 0 Å². The molecule has 6 nitrogen and oxygen atoms in total. The highest BCUT2D eigenvalue weighted by molar-refractivity contribution is 5.87. The van der Waals surface area contributed by atoms with Crippen LogP contribution in [0.3, 0.4) is 0 Å². The van der Waals surface area contributed by atoms with E-state index in [1.54, 1.807) is 0 Å². The van der Waals surface area contributed by atoms with Crippen molar-refractivity contribution in [1.82, 2.24) is 0 Å². The molecule has 4 saturated carbocycles. The Bertz CT molecular complexity index is 777. The van der Waals surface area contributed by atoms with E-state index in [0.717, 1.165) is 32.1 Å². The SMILES string of the molecule is COC(=O)[C@H]1C[C@@H]2O[C@@]23[C@@H]2CC[C@H]4C[C@H](OC(C)=O)CC[C@]4(C)[C@H]2C(=O)C[C@]13C. The van der Waals surface area contributed by atoms with Gasteiger partial charge in [0, 0.05) is 30.6 Å². The van der Waals surface area contributed by atoms with Gasteiger partial charge in [-0.05, 0) is 49.9 Å². The Hall–Kier alpha value is -1.43. The average molecular weight is 405 g/mol. The first kappa shape index (κ1) is 19.5. The Morgan fingerprint density at radius 3 is 2.59 bits per heavy atom. The van der Waals surface area contributed by atoms with Crippen molar-refractivity contribution in [2.75, 3.05) is 7.11 Å². The summed E-state index contributed by atoms with van der Waals surface area (Å²) in [5.41, 5.74) is -0.876. The molecule has 1 aliphatic heterocycles. The molecule has 0 amide bonds. The summed E-state index contributed by atoms with van der Waals surface area (Å²) >= 11 is 0. The van der Waals surface area contributed by atoms with Gasteiger partial charge in [-0.15, -0.1) is 0 Å². The standard InChI is InChI=1S/C23H32O6/c1-12(24)28-14-7-8-21(2)13(9-14)5-6-15-19(21)17(25)11-22(3)16(20(26)27-4)10-18-23(15,22)29-18/h13-16,18-19H,5-11H2,1-4H3/t13-,14+,15+,16+,18-,19+,21-,22+,23-/m0/s1. The van der Waals surface area contributed by atoms with Gasteiger partial charge < -0.3 is 14.2 Å². The third kappa shape index (κ3) is 2.35. The molecule has 5 aliphatic rings. The van der Waals surface area contributed by atoms with Crippen molar-refractivity contribution < 1.29 is 28.6 Å². The maximum atomic E-state index is 13.6. The van der Waals surface area contributed by atoms with Crippen LogP contribution in [-0.4, -0.2) is 42.6 Å². The third-order valence-corrected chi connectivity index (χ3v) is 9.55. The molecule has 9 atom stereocenters. The number of Topliss-reactive ketones (excluding diaryl/α,β-unsaturated/α-hetero) is 1. The van der Waals surface area contributed by atoms with Crippen molar-refractivity contribution >= 4 is 17.7 Å². The van der Waals surface area contributed by atoms with E-state index >= 15 is 0 Å². The number of hydrogen-bond donors (Lipinski definition) is 0. The second-order valence-electron chi connectivity index (χ2n) is 10.6. The fraction of sp³-hybridized carbons (Fsp3) is 0.870. The van der Waals surface area contributed by atoms with Gasteiger partial charge in [0.15, 0.2) is 0 Å². The van der Waals surface area contributed by atoms with Gasteiger partial charge in [-0.25, -0.2) is 0 Å². The van der Waals surface area contributed by atoms with Crippen LogP contribution in [0.15, 0.2) is 0 Å². The van der Waals surface area contributed by atoms with Crippen LogP contribution in [0.25, 0.3) is 0 Å².